The van der Waals surface area contributed by atoms with Crippen LogP contribution in [0.3, 0.4) is 0 Å². The van der Waals surface area contributed by atoms with E-state index in [0.29, 0.717) is 16.8 Å². The van der Waals surface area contributed by atoms with Gasteiger partial charge in [-0.25, -0.2) is 9.18 Å². The molecule has 0 radical (unpaired) electrons. The average molecular weight is 246 g/mol. The van der Waals surface area contributed by atoms with Crippen LogP contribution in [-0.2, 0) is 0 Å². The Morgan fingerprint density at radius 2 is 2.06 bits per heavy atom. The average Bonchev–Trinajstić information content (AvgIpc) is 2.98. The van der Waals surface area contributed by atoms with E-state index in [1.54, 1.807) is 18.2 Å². The van der Waals surface area contributed by atoms with Crippen LogP contribution in [0, 0.1) is 5.82 Å². The molecule has 7 heteroatoms. The molecule has 0 atom stereocenters. The number of aromatic nitrogens is 4. The van der Waals surface area contributed by atoms with E-state index in [1.165, 1.54) is 12.3 Å². The largest absolute Gasteiger partial charge is 0.439 e. The Hall–Kier alpha value is -2.70. The molecule has 1 aromatic carbocycles. The molecule has 6 nitrogen and oxygen atoms in total. The molecule has 0 saturated heterocycles. The standard InChI is InChI=1S/C11H7FN4O2/c12-8-4-2-1-3-6(8)9-7(5-13-15-9)10-14-11(17)18-16-10/h1-5H,(H,13,15)(H,14,16,17). The summed E-state index contributed by atoms with van der Waals surface area (Å²) in [6.07, 6.45) is 1.44. The minimum Gasteiger partial charge on any atom is -0.296 e. The molecule has 3 aromatic rings. The van der Waals surface area contributed by atoms with Gasteiger partial charge in [-0.2, -0.15) is 5.10 Å². The van der Waals surface area contributed by atoms with Crippen LogP contribution >= 0.6 is 0 Å². The van der Waals surface area contributed by atoms with Crippen LogP contribution < -0.4 is 5.76 Å². The molecule has 18 heavy (non-hydrogen) atoms. The van der Waals surface area contributed by atoms with Gasteiger partial charge >= 0.3 is 5.76 Å². The normalized spacial score (nSPS) is 10.7. The highest BCUT2D eigenvalue weighted by molar-refractivity contribution is 5.76. The molecule has 0 fully saturated rings. The minimum absolute atomic E-state index is 0.201. The highest BCUT2D eigenvalue weighted by atomic mass is 19.1. The Morgan fingerprint density at radius 3 is 2.78 bits per heavy atom. The lowest BCUT2D eigenvalue weighted by Gasteiger charge is -2.01. The second-order valence-corrected chi connectivity index (χ2v) is 3.58. The van der Waals surface area contributed by atoms with Crippen molar-refractivity contribution >= 4 is 0 Å². The third-order valence-corrected chi connectivity index (χ3v) is 2.48. The zero-order valence-corrected chi connectivity index (χ0v) is 8.98. The van der Waals surface area contributed by atoms with E-state index in [-0.39, 0.29) is 5.82 Å². The molecule has 0 bridgehead atoms. The van der Waals surface area contributed by atoms with Crippen LogP contribution in [0.2, 0.25) is 0 Å². The Morgan fingerprint density at radius 1 is 1.22 bits per heavy atom. The van der Waals surface area contributed by atoms with Crippen molar-refractivity contribution in [1.82, 2.24) is 20.3 Å². The van der Waals surface area contributed by atoms with Gasteiger partial charge in [-0.3, -0.25) is 14.6 Å². The summed E-state index contributed by atoms with van der Waals surface area (Å²) in [5, 5.41) is 10.1. The van der Waals surface area contributed by atoms with E-state index in [0.717, 1.165) is 0 Å². The van der Waals surface area contributed by atoms with Gasteiger partial charge in [-0.15, -0.1) is 0 Å². The number of nitrogens with zero attached hydrogens (tertiary/aromatic N) is 2. The third-order valence-electron chi connectivity index (χ3n) is 2.48. The number of rotatable bonds is 2. The Balaban J connectivity index is 2.18. The Bertz CT molecular complexity index is 743. The molecule has 2 heterocycles. The van der Waals surface area contributed by atoms with Crippen LogP contribution in [0.4, 0.5) is 4.39 Å². The van der Waals surface area contributed by atoms with Gasteiger partial charge in [-0.1, -0.05) is 17.3 Å². The van der Waals surface area contributed by atoms with E-state index in [4.69, 9.17) is 0 Å². The predicted molar refractivity (Wildman–Crippen MR) is 60.1 cm³/mol. The van der Waals surface area contributed by atoms with Gasteiger partial charge in [0.2, 0.25) is 0 Å². The van der Waals surface area contributed by atoms with E-state index in [9.17, 15) is 9.18 Å². The summed E-state index contributed by atoms with van der Waals surface area (Å²) in [6, 6.07) is 6.23. The van der Waals surface area contributed by atoms with E-state index in [1.807, 2.05) is 0 Å². The number of hydrogen-bond acceptors (Lipinski definition) is 4. The first-order chi connectivity index (χ1) is 8.75. The predicted octanol–water partition coefficient (Wildman–Crippen LogP) is 1.56. The second-order valence-electron chi connectivity index (χ2n) is 3.58. The summed E-state index contributed by atoms with van der Waals surface area (Å²) in [4.78, 5) is 13.3. The molecule has 0 aliphatic heterocycles. The smallest absolute Gasteiger partial charge is 0.296 e. The van der Waals surface area contributed by atoms with Gasteiger partial charge in [0.25, 0.3) is 0 Å². The molecule has 0 spiro atoms. The van der Waals surface area contributed by atoms with Crippen molar-refractivity contribution in [2.75, 3.05) is 0 Å². The minimum atomic E-state index is -0.675. The van der Waals surface area contributed by atoms with Gasteiger partial charge in [-0.05, 0) is 12.1 Å². The number of hydrogen-bond donors (Lipinski definition) is 2. The summed E-state index contributed by atoms with van der Waals surface area (Å²) < 4.78 is 18.1. The molecule has 2 N–H and O–H groups in total. The first-order valence-corrected chi connectivity index (χ1v) is 5.10. The topological polar surface area (TPSA) is 87.6 Å². The molecule has 0 amide bonds. The van der Waals surface area contributed by atoms with E-state index in [2.05, 4.69) is 24.9 Å². The Kier molecular flexibility index (Phi) is 2.30. The van der Waals surface area contributed by atoms with Gasteiger partial charge < -0.3 is 0 Å². The van der Waals surface area contributed by atoms with E-state index >= 15 is 0 Å². The van der Waals surface area contributed by atoms with Crippen molar-refractivity contribution in [3.63, 3.8) is 0 Å². The number of H-pyrrole nitrogens is 2. The number of aromatic amines is 2. The van der Waals surface area contributed by atoms with Gasteiger partial charge in [0.1, 0.15) is 5.82 Å². The van der Waals surface area contributed by atoms with Crippen LogP contribution in [0.15, 0.2) is 39.8 Å². The molecular weight excluding hydrogens is 239 g/mol. The molecule has 2 aromatic heterocycles. The van der Waals surface area contributed by atoms with Crippen LogP contribution in [-0.4, -0.2) is 20.3 Å². The van der Waals surface area contributed by atoms with Crippen LogP contribution in [0.5, 0.6) is 0 Å². The van der Waals surface area contributed by atoms with Gasteiger partial charge in [0, 0.05) is 5.56 Å². The van der Waals surface area contributed by atoms with Gasteiger partial charge in [0.15, 0.2) is 5.82 Å². The molecule has 3 rings (SSSR count). The first kappa shape index (κ1) is 10.5. The zero-order chi connectivity index (χ0) is 12.5. The van der Waals surface area contributed by atoms with Crippen LogP contribution in [0.25, 0.3) is 22.6 Å². The van der Waals surface area contributed by atoms with Gasteiger partial charge in [0.05, 0.1) is 17.5 Å². The maximum absolute atomic E-state index is 13.7. The second kappa shape index (κ2) is 3.95. The molecule has 90 valence electrons. The summed E-state index contributed by atoms with van der Waals surface area (Å²) >= 11 is 0. The monoisotopic (exact) mass is 246 g/mol. The summed E-state index contributed by atoms with van der Waals surface area (Å²) in [7, 11) is 0. The van der Waals surface area contributed by atoms with Crippen molar-refractivity contribution in [2.24, 2.45) is 0 Å². The lowest BCUT2D eigenvalue weighted by Crippen LogP contribution is -1.95. The number of halogens is 1. The summed E-state index contributed by atoms with van der Waals surface area (Å²) in [5.41, 5.74) is 1.23. The Labute approximate surface area is 99.5 Å². The quantitative estimate of drug-likeness (QED) is 0.718. The molecule has 0 unspecified atom stereocenters. The maximum Gasteiger partial charge on any atom is 0.439 e. The lowest BCUT2D eigenvalue weighted by molar-refractivity contribution is 0.388. The molecule has 0 saturated carbocycles. The maximum atomic E-state index is 13.7. The zero-order valence-electron chi connectivity index (χ0n) is 8.98. The molecule has 0 aliphatic carbocycles. The van der Waals surface area contributed by atoms with E-state index < -0.39 is 11.6 Å². The summed E-state index contributed by atoms with van der Waals surface area (Å²) in [5.74, 6) is -0.869. The van der Waals surface area contributed by atoms with Crippen LogP contribution in [0.1, 0.15) is 0 Å². The van der Waals surface area contributed by atoms with Crippen molar-refractivity contribution in [3.8, 4) is 22.6 Å². The lowest BCUT2D eigenvalue weighted by atomic mass is 10.1. The summed E-state index contributed by atoms with van der Waals surface area (Å²) in [6.45, 7) is 0. The molecule has 0 aliphatic rings. The highest BCUT2D eigenvalue weighted by Gasteiger charge is 2.16. The van der Waals surface area contributed by atoms with Crippen molar-refractivity contribution < 1.29 is 8.91 Å². The fraction of sp³-hybridized carbons (Fsp3) is 0. The number of nitrogens with one attached hydrogen (secondary N) is 2. The number of benzene rings is 1. The molecular formula is C11H7FN4O2. The van der Waals surface area contributed by atoms with Crippen molar-refractivity contribution in [1.29, 1.82) is 0 Å². The van der Waals surface area contributed by atoms with Crippen molar-refractivity contribution in [2.45, 2.75) is 0 Å². The third kappa shape index (κ3) is 1.61. The fourth-order valence-electron chi connectivity index (χ4n) is 1.68. The fourth-order valence-corrected chi connectivity index (χ4v) is 1.68. The van der Waals surface area contributed by atoms with Crippen molar-refractivity contribution in [3.05, 3.63) is 46.8 Å². The SMILES string of the molecule is O=c1[nH]c(-c2cn[nH]c2-c2ccccc2F)no1. The highest BCUT2D eigenvalue weighted by Crippen LogP contribution is 2.28. The first-order valence-electron chi connectivity index (χ1n) is 5.10.